The van der Waals surface area contributed by atoms with Gasteiger partial charge in [0.05, 0.1) is 78.3 Å². The molecule has 148 heavy (non-hydrogen) atoms. The first-order chi connectivity index (χ1) is 70.8. The molecule has 1 fully saturated rings. The summed E-state index contributed by atoms with van der Waals surface area (Å²) in [5, 5.41) is 19.0. The third-order valence-corrected chi connectivity index (χ3v) is 21.8. The number of rotatable bonds is 23. The van der Waals surface area contributed by atoms with Crippen LogP contribution in [0.25, 0.3) is 85.0 Å². The van der Waals surface area contributed by atoms with Gasteiger partial charge in [-0.2, -0.15) is 106 Å². The molecule has 33 nitrogen and oxygen atoms in total. The predicted octanol–water partition coefficient (Wildman–Crippen LogP) is 22.9. The maximum atomic E-state index is 14.7. The third-order valence-electron chi connectivity index (χ3n) is 21.8. The number of alkyl halides is 15. The molecule has 12 aromatic heterocycles. The Morgan fingerprint density at radius 1 is 0.385 bits per heavy atom. The Morgan fingerprint density at radius 3 is 1.18 bits per heavy atom. The molecule has 15 N–H and O–H groups in total. The fourth-order valence-corrected chi connectivity index (χ4v) is 15.2. The molecule has 50 heteroatoms. The second kappa shape index (κ2) is 42.4. The van der Waals surface area contributed by atoms with Gasteiger partial charge in [-0.1, -0.05) is 56.3 Å². The molecular weight excluding hydrogens is 1970 g/mol. The third kappa shape index (κ3) is 23.6. The Kier molecular flexibility index (Phi) is 28.9. The normalized spacial score (nSPS) is 12.1. The number of ether oxygens (including phenoxy) is 2. The van der Waals surface area contributed by atoms with E-state index in [1.54, 1.807) is 47.0 Å². The molecule has 1 aliphatic carbocycles. The number of hydrogen-bond acceptors (Lipinski definition) is 28. The number of hydrogen-bond donors (Lipinski definition) is 10. The molecule has 0 bridgehead atoms. The minimum atomic E-state index is -4.46. The number of aryl methyl sites for hydroxylation is 3. The van der Waals surface area contributed by atoms with Crippen molar-refractivity contribution in [3.8, 4) is 46.7 Å². The summed E-state index contributed by atoms with van der Waals surface area (Å²) < 4.78 is 236. The number of nitrogens with one attached hydrogen (secondary N) is 5. The van der Waals surface area contributed by atoms with Crippen molar-refractivity contribution in [3.05, 3.63) is 312 Å². The van der Waals surface area contributed by atoms with Crippen molar-refractivity contribution in [1.29, 1.82) is 0 Å². The lowest BCUT2D eigenvalue weighted by Crippen LogP contribution is -2.11. The number of nitrogens with zero attached hydrogens (tertiary/aromatic N) is 21. The molecule has 0 aliphatic heterocycles. The number of pyridine rings is 2. The molecule has 12 heterocycles. The Bertz CT molecular complexity index is 8170. The number of nitrogens with two attached hydrogens (primary N) is 5. The first-order valence-corrected chi connectivity index (χ1v) is 44.4. The van der Waals surface area contributed by atoms with Crippen LogP contribution in [-0.2, 0) is 31.4 Å². The van der Waals surface area contributed by atoms with E-state index in [1.807, 2.05) is 103 Å². The van der Waals surface area contributed by atoms with Crippen molar-refractivity contribution in [2.24, 2.45) is 0 Å². The van der Waals surface area contributed by atoms with Gasteiger partial charge in [0.2, 0.25) is 29.6 Å². The van der Waals surface area contributed by atoms with E-state index in [4.69, 9.17) is 28.7 Å². The number of halogens is 17. The van der Waals surface area contributed by atoms with Gasteiger partial charge in [-0.15, -0.1) is 0 Å². The molecule has 1 saturated carbocycles. The lowest BCUT2D eigenvalue weighted by Gasteiger charge is -2.13. The van der Waals surface area contributed by atoms with Crippen LogP contribution in [-0.4, -0.2) is 116 Å². The van der Waals surface area contributed by atoms with Gasteiger partial charge in [0.15, 0.2) is 28.9 Å². The standard InChI is InChI=1S/C20H15F4N7O.C20H17F3N6.C20H18F2N6O.C19H13F5N6.C19H15F3N6/c21-10-7-13-16(26-8-10)29-18(9-1-2-9)31(13)20-28-15(25)14(22)17(30-20)27-11-3-5-12(6-4-11)32-19(23)24;1-2-18-26-14-5-3-4-6-15(14)29(18)19-27-16(24)11-17(28-19)25-13-9-7-12(8-10-13)20(21,22)23;1-2-18-25-14-5-3-4-6-15(14)28(18)20-26-16(23)11-17(27-20)24-12-7-9-13(10-8-12)29-19(21)22;20-16(21)17-27-12-3-1-2-4-13(12)30(17)18-28-14(25)9-15(29-18)26-11-7-5-10(6-8-11)19(22,23)24;1-11-17(14-4-2-3-9-28(14)27-11)18-25-15(23)10-16(26-18)24-13-7-5-12(6-8-13)19(20,21)22/h3-9,19H,1-2H2,(H3,25,27,28,30);3-11H,2H2,1H3,(H3,24,25,27,28);3-11,19H,2H2,1H3,(H3,23,24,26,27);1-9,16H,(H3,25,26,28,29);2-10H,1H3,(H3,23,24,25,26). The highest BCUT2D eigenvalue weighted by Gasteiger charge is 2.36. The zero-order chi connectivity index (χ0) is 105. The van der Waals surface area contributed by atoms with Crippen LogP contribution in [0.4, 0.5) is 161 Å². The molecule has 1 aliphatic rings. The van der Waals surface area contributed by atoms with Crippen molar-refractivity contribution in [1.82, 2.24) is 103 Å². The largest absolute Gasteiger partial charge is 0.435 e. The summed E-state index contributed by atoms with van der Waals surface area (Å²) in [5.41, 5.74) is 36.5. The van der Waals surface area contributed by atoms with Crippen molar-refractivity contribution in [2.75, 3.05) is 55.3 Å². The molecule has 0 saturated heterocycles. The van der Waals surface area contributed by atoms with Gasteiger partial charge < -0.3 is 64.7 Å². The van der Waals surface area contributed by atoms with Gasteiger partial charge in [0.1, 0.15) is 81.3 Å². The molecular formula is C98H78F17N31O2. The van der Waals surface area contributed by atoms with Gasteiger partial charge in [-0.05, 0) is 190 Å². The fraction of sp³-hybridized carbons (Fsp3) is 0.143. The van der Waals surface area contributed by atoms with E-state index in [-0.39, 0.29) is 64.2 Å². The van der Waals surface area contributed by atoms with E-state index in [2.05, 4.69) is 116 Å². The zero-order valence-electron chi connectivity index (χ0n) is 76.9. The van der Waals surface area contributed by atoms with Gasteiger partial charge >= 0.3 is 31.8 Å². The molecule has 8 aromatic carbocycles. The van der Waals surface area contributed by atoms with E-state index in [1.165, 1.54) is 102 Å². The lowest BCUT2D eigenvalue weighted by molar-refractivity contribution is -0.138. The van der Waals surface area contributed by atoms with Gasteiger partial charge in [0.25, 0.3) is 6.43 Å². The Morgan fingerprint density at radius 2 is 0.764 bits per heavy atom. The maximum Gasteiger partial charge on any atom is 0.416 e. The second-order valence-electron chi connectivity index (χ2n) is 32.2. The van der Waals surface area contributed by atoms with Gasteiger partial charge in [-0.25, -0.2) is 52.6 Å². The summed E-state index contributed by atoms with van der Waals surface area (Å²) in [6, 6.07) is 59.8. The highest BCUT2D eigenvalue weighted by molar-refractivity contribution is 5.83. The molecule has 20 aromatic rings. The Balaban J connectivity index is 0.000000126. The molecule has 21 rings (SSSR count). The summed E-state index contributed by atoms with van der Waals surface area (Å²) in [6.45, 7) is 0.00588. The summed E-state index contributed by atoms with van der Waals surface area (Å²) in [6.07, 6.45) is -10.1. The van der Waals surface area contributed by atoms with E-state index in [0.29, 0.717) is 104 Å². The van der Waals surface area contributed by atoms with E-state index in [9.17, 15) is 74.6 Å². The number of aromatic nitrogens is 21. The summed E-state index contributed by atoms with van der Waals surface area (Å²) in [4.78, 5) is 64.7. The molecule has 0 radical (unpaired) electrons. The molecule has 0 unspecified atom stereocenters. The highest BCUT2D eigenvalue weighted by Crippen LogP contribution is 2.43. The highest BCUT2D eigenvalue weighted by atomic mass is 19.4. The van der Waals surface area contributed by atoms with Crippen LogP contribution >= 0.6 is 0 Å². The van der Waals surface area contributed by atoms with Crippen LogP contribution in [0.2, 0.25) is 0 Å². The molecule has 0 atom stereocenters. The van der Waals surface area contributed by atoms with Crippen LogP contribution in [0.15, 0.2) is 255 Å². The molecule has 0 amide bonds. The summed E-state index contributed by atoms with van der Waals surface area (Å²) in [5.74, 6) is 2.65. The average molecular weight is 2040 g/mol. The number of imidazole rings is 4. The Labute approximate surface area is 824 Å². The number of para-hydroxylation sites is 6. The predicted molar refractivity (Wildman–Crippen MR) is 520 cm³/mol. The summed E-state index contributed by atoms with van der Waals surface area (Å²) >= 11 is 0. The second-order valence-corrected chi connectivity index (χ2v) is 32.2. The van der Waals surface area contributed by atoms with E-state index in [0.717, 1.165) is 110 Å². The van der Waals surface area contributed by atoms with Crippen molar-refractivity contribution >= 4 is 136 Å². The first-order valence-electron chi connectivity index (χ1n) is 44.4. The van der Waals surface area contributed by atoms with Crippen molar-refractivity contribution in [3.63, 3.8) is 0 Å². The zero-order valence-corrected chi connectivity index (χ0v) is 76.9. The number of anilines is 15. The smallest absolute Gasteiger partial charge is 0.416 e. The van der Waals surface area contributed by atoms with Crippen LogP contribution in [0, 0.1) is 18.6 Å². The number of nitrogen functional groups attached to an aromatic ring is 5. The lowest BCUT2D eigenvalue weighted by atomic mass is 10.2. The van der Waals surface area contributed by atoms with Crippen LogP contribution in [0.1, 0.15) is 84.7 Å². The summed E-state index contributed by atoms with van der Waals surface area (Å²) in [7, 11) is 0. The van der Waals surface area contributed by atoms with Crippen LogP contribution < -0.4 is 64.7 Å². The van der Waals surface area contributed by atoms with Crippen molar-refractivity contribution in [2.45, 2.75) is 90.5 Å². The monoisotopic (exact) mass is 2040 g/mol. The Hall–Kier alpha value is -18.7. The van der Waals surface area contributed by atoms with E-state index >= 15 is 0 Å². The maximum absolute atomic E-state index is 14.7. The van der Waals surface area contributed by atoms with Gasteiger partial charge in [-0.3, -0.25) is 18.3 Å². The minimum absolute atomic E-state index is 0.000791. The minimum Gasteiger partial charge on any atom is -0.435 e. The SMILES string of the molecule is CCc1nc2ccccc2n1-c1nc(N)cc(Nc2ccc(C(F)(F)F)cc2)n1.CCc1nc2ccccc2n1-c1nc(N)cc(Nc2ccc(OC(F)F)cc2)n1.Cc1nn2ccccc2c1-c1nc(N)cc(Nc2ccc(C(F)(F)F)cc2)n1.Nc1cc(Nc2ccc(C(F)(F)F)cc2)nc(-n2c(C(F)F)nc3ccccc32)n1.Nc1nc(-n2c(C3CC3)nc3ncc(F)cc32)nc(Nc2ccc(OC(F)F)cc2)c1F. The average Bonchev–Trinajstić information content (AvgIpc) is 1.60. The fourth-order valence-electron chi connectivity index (χ4n) is 15.2. The van der Waals surface area contributed by atoms with Crippen molar-refractivity contribution < 1.29 is 84.1 Å². The number of fused-ring (bicyclic) bond motifs is 5. The molecule has 0 spiro atoms. The first kappa shape index (κ1) is 101. The molecule has 756 valence electrons. The number of benzene rings is 8. The van der Waals surface area contributed by atoms with Crippen LogP contribution in [0.3, 0.4) is 0 Å². The van der Waals surface area contributed by atoms with E-state index < -0.39 is 78.1 Å². The van der Waals surface area contributed by atoms with Crippen LogP contribution in [0.5, 0.6) is 11.5 Å². The van der Waals surface area contributed by atoms with Gasteiger partial charge in [0, 0.05) is 83.7 Å². The topological polar surface area (TPSA) is 439 Å². The quantitative estimate of drug-likeness (QED) is 0.0266.